The molecule has 1 N–H and O–H groups in total. The second-order valence-electron chi connectivity index (χ2n) is 6.25. The monoisotopic (exact) mass is 347 g/mol. The molecule has 0 saturated carbocycles. The first-order valence-corrected chi connectivity index (χ1v) is 9.04. The molecule has 0 aliphatic carbocycles. The number of hydrogen-bond acceptors (Lipinski definition) is 5. The molecule has 1 aromatic carbocycles. The van der Waals surface area contributed by atoms with Crippen LogP contribution < -0.4 is 10.2 Å². The van der Waals surface area contributed by atoms with Crippen molar-refractivity contribution >= 4 is 11.8 Å². The number of benzene rings is 1. The molecule has 2 heterocycles. The van der Waals surface area contributed by atoms with E-state index >= 15 is 0 Å². The van der Waals surface area contributed by atoms with Gasteiger partial charge in [0.25, 0.3) is 0 Å². The molecule has 0 radical (unpaired) electrons. The van der Waals surface area contributed by atoms with E-state index in [0.717, 1.165) is 43.0 Å². The van der Waals surface area contributed by atoms with Crippen LogP contribution >= 0.6 is 0 Å². The first kappa shape index (κ1) is 17.9. The molecule has 0 aliphatic rings. The summed E-state index contributed by atoms with van der Waals surface area (Å²) in [7, 11) is 2.07. The van der Waals surface area contributed by atoms with Gasteiger partial charge >= 0.3 is 0 Å². The van der Waals surface area contributed by atoms with E-state index in [1.807, 2.05) is 30.6 Å². The zero-order valence-electron chi connectivity index (χ0n) is 15.4. The van der Waals surface area contributed by atoms with Crippen molar-refractivity contribution in [3.63, 3.8) is 0 Å². The zero-order valence-corrected chi connectivity index (χ0v) is 15.4. The van der Waals surface area contributed by atoms with Crippen molar-refractivity contribution in [2.45, 2.75) is 19.8 Å². The second kappa shape index (κ2) is 8.94. The van der Waals surface area contributed by atoms with Crippen LogP contribution in [0.15, 0.2) is 60.9 Å². The van der Waals surface area contributed by atoms with Crippen LogP contribution in [0.2, 0.25) is 0 Å². The predicted octanol–water partition coefficient (Wildman–Crippen LogP) is 4.04. The number of rotatable bonds is 8. The van der Waals surface area contributed by atoms with Crippen LogP contribution in [-0.2, 0) is 6.42 Å². The Hall–Kier alpha value is -2.95. The quantitative estimate of drug-likeness (QED) is 0.666. The molecule has 0 spiro atoms. The van der Waals surface area contributed by atoms with E-state index in [-0.39, 0.29) is 0 Å². The van der Waals surface area contributed by atoms with E-state index < -0.39 is 0 Å². The van der Waals surface area contributed by atoms with E-state index in [1.165, 1.54) is 5.56 Å². The second-order valence-corrected chi connectivity index (χ2v) is 6.25. The minimum atomic E-state index is 0.680. The molecule has 0 saturated heterocycles. The van der Waals surface area contributed by atoms with Gasteiger partial charge in [-0.1, -0.05) is 37.3 Å². The minimum absolute atomic E-state index is 0.680. The number of hydrogen-bond donors (Lipinski definition) is 1. The summed E-state index contributed by atoms with van der Waals surface area (Å²) in [5, 5.41) is 3.32. The van der Waals surface area contributed by atoms with Crippen LogP contribution in [-0.4, -0.2) is 35.1 Å². The lowest BCUT2D eigenvalue weighted by Crippen LogP contribution is -2.22. The summed E-state index contributed by atoms with van der Waals surface area (Å²) in [6.07, 6.45) is 5.65. The van der Waals surface area contributed by atoms with E-state index in [2.05, 4.69) is 64.5 Å². The predicted molar refractivity (Wildman–Crippen MR) is 107 cm³/mol. The molecule has 3 rings (SSSR count). The summed E-state index contributed by atoms with van der Waals surface area (Å²) in [6.45, 7) is 3.87. The van der Waals surface area contributed by atoms with Crippen molar-refractivity contribution in [3.05, 3.63) is 66.5 Å². The molecule has 0 bridgehead atoms. The van der Waals surface area contributed by atoms with Gasteiger partial charge in [-0.25, -0.2) is 4.98 Å². The number of anilines is 2. The van der Waals surface area contributed by atoms with Gasteiger partial charge in [0.2, 0.25) is 5.95 Å². The molecule has 0 unspecified atom stereocenters. The van der Waals surface area contributed by atoms with E-state index in [0.29, 0.717) is 5.95 Å². The van der Waals surface area contributed by atoms with Gasteiger partial charge in [0.1, 0.15) is 5.82 Å². The summed E-state index contributed by atoms with van der Waals surface area (Å²) in [4.78, 5) is 15.6. The maximum absolute atomic E-state index is 4.70. The van der Waals surface area contributed by atoms with Gasteiger partial charge < -0.3 is 10.2 Å². The Morgan fingerprint density at radius 1 is 1.00 bits per heavy atom. The Morgan fingerprint density at radius 2 is 1.77 bits per heavy atom. The van der Waals surface area contributed by atoms with Crippen molar-refractivity contribution < 1.29 is 0 Å². The molecule has 26 heavy (non-hydrogen) atoms. The van der Waals surface area contributed by atoms with Gasteiger partial charge in [0, 0.05) is 44.2 Å². The largest absolute Gasteiger partial charge is 0.359 e. The summed E-state index contributed by atoms with van der Waals surface area (Å²) in [5.74, 6) is 1.60. The number of pyridine rings is 1. The van der Waals surface area contributed by atoms with Crippen LogP contribution in [0, 0.1) is 0 Å². The Morgan fingerprint density at radius 3 is 2.50 bits per heavy atom. The first-order valence-electron chi connectivity index (χ1n) is 9.04. The van der Waals surface area contributed by atoms with Crippen LogP contribution in [0.5, 0.6) is 0 Å². The fourth-order valence-corrected chi connectivity index (χ4v) is 2.66. The fraction of sp³-hybridized carbons (Fsp3) is 0.286. The molecule has 0 fully saturated rings. The molecule has 134 valence electrons. The van der Waals surface area contributed by atoms with Crippen LogP contribution in [0.1, 0.15) is 18.9 Å². The van der Waals surface area contributed by atoms with E-state index in [1.54, 1.807) is 0 Å². The summed E-state index contributed by atoms with van der Waals surface area (Å²) >= 11 is 0. The third-order valence-corrected chi connectivity index (χ3v) is 4.19. The van der Waals surface area contributed by atoms with Gasteiger partial charge in [-0.3, -0.25) is 4.98 Å². The van der Waals surface area contributed by atoms with E-state index in [4.69, 9.17) is 4.98 Å². The van der Waals surface area contributed by atoms with Crippen LogP contribution in [0.4, 0.5) is 11.8 Å². The summed E-state index contributed by atoms with van der Waals surface area (Å²) in [6, 6.07) is 16.4. The van der Waals surface area contributed by atoms with Crippen molar-refractivity contribution in [3.8, 4) is 11.3 Å². The van der Waals surface area contributed by atoms with Crippen molar-refractivity contribution in [1.29, 1.82) is 0 Å². The van der Waals surface area contributed by atoms with Crippen molar-refractivity contribution in [2.75, 3.05) is 30.4 Å². The maximum atomic E-state index is 4.70. The Kier molecular flexibility index (Phi) is 6.14. The molecule has 0 aliphatic heterocycles. The number of likely N-dealkylation sites (N-methyl/N-ethyl adjacent to an activating group) is 1. The normalized spacial score (nSPS) is 10.5. The SMILES string of the molecule is CCCNc1nc(-c2ccccc2)cc(N(C)CCc2ccncc2)n1. The topological polar surface area (TPSA) is 53.9 Å². The maximum Gasteiger partial charge on any atom is 0.225 e. The smallest absolute Gasteiger partial charge is 0.225 e. The third-order valence-electron chi connectivity index (χ3n) is 4.19. The molecule has 3 aromatic rings. The fourth-order valence-electron chi connectivity index (χ4n) is 2.66. The molecule has 0 atom stereocenters. The summed E-state index contributed by atoms with van der Waals surface area (Å²) in [5.41, 5.74) is 3.30. The number of nitrogens with one attached hydrogen (secondary N) is 1. The van der Waals surface area contributed by atoms with E-state index in [9.17, 15) is 0 Å². The average molecular weight is 347 g/mol. The average Bonchev–Trinajstić information content (AvgIpc) is 2.71. The summed E-state index contributed by atoms with van der Waals surface area (Å²) < 4.78 is 0. The lowest BCUT2D eigenvalue weighted by Gasteiger charge is -2.20. The van der Waals surface area contributed by atoms with Gasteiger partial charge in [-0.15, -0.1) is 0 Å². The highest BCUT2D eigenvalue weighted by Gasteiger charge is 2.10. The lowest BCUT2D eigenvalue weighted by molar-refractivity contribution is 0.852. The molecule has 0 amide bonds. The Bertz CT molecular complexity index is 805. The van der Waals surface area contributed by atoms with Gasteiger partial charge in [-0.2, -0.15) is 4.98 Å². The highest BCUT2D eigenvalue weighted by atomic mass is 15.2. The molecule has 5 heteroatoms. The Balaban J connectivity index is 1.82. The first-order chi connectivity index (χ1) is 12.8. The van der Waals surface area contributed by atoms with Gasteiger partial charge in [0.05, 0.1) is 5.69 Å². The highest BCUT2D eigenvalue weighted by molar-refractivity contribution is 5.64. The minimum Gasteiger partial charge on any atom is -0.359 e. The zero-order chi connectivity index (χ0) is 18.2. The molecular weight excluding hydrogens is 322 g/mol. The molecule has 5 nitrogen and oxygen atoms in total. The van der Waals surface area contributed by atoms with Gasteiger partial charge in [-0.05, 0) is 30.5 Å². The lowest BCUT2D eigenvalue weighted by atomic mass is 10.1. The van der Waals surface area contributed by atoms with Crippen LogP contribution in [0.25, 0.3) is 11.3 Å². The van der Waals surface area contributed by atoms with Crippen molar-refractivity contribution in [1.82, 2.24) is 15.0 Å². The third kappa shape index (κ3) is 4.79. The number of aromatic nitrogens is 3. The number of nitrogens with zero attached hydrogens (tertiary/aromatic N) is 4. The Labute approximate surface area is 155 Å². The van der Waals surface area contributed by atoms with Crippen molar-refractivity contribution in [2.24, 2.45) is 0 Å². The standard InChI is InChI=1S/C21H25N5/c1-3-12-23-21-24-19(18-7-5-4-6-8-18)16-20(25-21)26(2)15-11-17-9-13-22-14-10-17/h4-10,13-14,16H,3,11-12,15H2,1-2H3,(H,23,24,25). The molecular formula is C21H25N5. The highest BCUT2D eigenvalue weighted by Crippen LogP contribution is 2.23. The van der Waals surface area contributed by atoms with Crippen LogP contribution in [0.3, 0.4) is 0 Å². The van der Waals surface area contributed by atoms with Gasteiger partial charge in [0.15, 0.2) is 0 Å². The molecule has 2 aromatic heterocycles.